The van der Waals surface area contributed by atoms with Gasteiger partial charge in [-0.25, -0.2) is 0 Å². The largest absolute Gasteiger partial charge is 0.357 e. The summed E-state index contributed by atoms with van der Waals surface area (Å²) in [5.74, 6) is 1.47. The number of aromatic nitrogens is 2. The minimum atomic E-state index is 0.460. The fraction of sp³-hybridized carbons (Fsp3) is 0.385. The Morgan fingerprint density at radius 2 is 1.82 bits per heavy atom. The highest BCUT2D eigenvalue weighted by molar-refractivity contribution is 6.34. The molecule has 0 saturated heterocycles. The van der Waals surface area contributed by atoms with Crippen molar-refractivity contribution < 1.29 is 0 Å². The van der Waals surface area contributed by atoms with Gasteiger partial charge >= 0.3 is 0 Å². The second-order valence-corrected chi connectivity index (χ2v) is 4.99. The molecular weight excluding hydrogens is 234 g/mol. The molecule has 0 saturated carbocycles. The van der Waals surface area contributed by atoms with Gasteiger partial charge in [0.15, 0.2) is 11.0 Å². The zero-order valence-corrected chi connectivity index (χ0v) is 11.1. The predicted molar refractivity (Wildman–Crippen MR) is 72.7 cm³/mol. The van der Waals surface area contributed by atoms with Crippen molar-refractivity contribution in [2.24, 2.45) is 5.92 Å². The number of hydrogen-bond donors (Lipinski definition) is 0. The topological polar surface area (TPSA) is 29.0 Å². The van der Waals surface area contributed by atoms with E-state index in [-0.39, 0.29) is 0 Å². The molecule has 17 heavy (non-hydrogen) atoms. The van der Waals surface area contributed by atoms with Crippen molar-refractivity contribution in [1.82, 2.24) is 10.2 Å². The number of rotatable bonds is 3. The maximum atomic E-state index is 6.05. The van der Waals surface area contributed by atoms with Crippen molar-refractivity contribution >= 4 is 28.2 Å². The lowest BCUT2D eigenvalue weighted by atomic mass is 10.1. The lowest BCUT2D eigenvalue weighted by Crippen LogP contribution is -2.24. The lowest BCUT2D eigenvalue weighted by Gasteiger charge is -2.21. The summed E-state index contributed by atoms with van der Waals surface area (Å²) in [6, 6.07) is 7.95. The number of fused-ring (bicyclic) bond motifs is 1. The molecule has 2 rings (SSSR count). The summed E-state index contributed by atoms with van der Waals surface area (Å²) in [6.45, 7) is 5.31. The van der Waals surface area contributed by atoms with Crippen LogP contribution in [0.1, 0.15) is 13.8 Å². The Kier molecular flexibility index (Phi) is 3.48. The highest BCUT2D eigenvalue weighted by atomic mass is 35.5. The van der Waals surface area contributed by atoms with E-state index in [1.807, 2.05) is 31.3 Å². The quantitative estimate of drug-likeness (QED) is 0.835. The Bertz CT molecular complexity index is 525. The summed E-state index contributed by atoms with van der Waals surface area (Å²) in [7, 11) is 2.03. The first-order chi connectivity index (χ1) is 8.09. The number of halogens is 1. The fourth-order valence-corrected chi connectivity index (χ4v) is 2.18. The Balaban J connectivity index is 2.51. The molecule has 0 amide bonds. The molecule has 0 fully saturated rings. The maximum absolute atomic E-state index is 6.05. The lowest BCUT2D eigenvalue weighted by molar-refractivity contribution is 0.634. The van der Waals surface area contributed by atoms with Crippen LogP contribution in [0.2, 0.25) is 5.15 Å². The molecule has 0 atom stereocenters. The molecule has 1 heterocycles. The molecule has 0 bridgehead atoms. The normalized spacial score (nSPS) is 11.1. The second-order valence-electron chi connectivity index (χ2n) is 4.63. The van der Waals surface area contributed by atoms with Gasteiger partial charge in [-0.2, -0.15) is 0 Å². The van der Waals surface area contributed by atoms with E-state index in [9.17, 15) is 0 Å². The molecule has 0 aliphatic carbocycles. The van der Waals surface area contributed by atoms with Gasteiger partial charge in [-0.15, -0.1) is 10.2 Å². The van der Waals surface area contributed by atoms with Crippen molar-refractivity contribution in [3.63, 3.8) is 0 Å². The van der Waals surface area contributed by atoms with E-state index < -0.39 is 0 Å². The van der Waals surface area contributed by atoms with E-state index in [4.69, 9.17) is 11.6 Å². The molecule has 2 aromatic rings. The molecular formula is C13H16ClN3. The van der Waals surface area contributed by atoms with E-state index in [2.05, 4.69) is 28.9 Å². The van der Waals surface area contributed by atoms with Gasteiger partial charge in [-0.3, -0.25) is 0 Å². The summed E-state index contributed by atoms with van der Waals surface area (Å²) in [6.07, 6.45) is 0. The van der Waals surface area contributed by atoms with Crippen LogP contribution in [0.5, 0.6) is 0 Å². The molecule has 1 aromatic heterocycles. The summed E-state index contributed by atoms with van der Waals surface area (Å²) in [5, 5.41) is 10.7. The Hall–Kier alpha value is -1.35. The first kappa shape index (κ1) is 12.1. The SMILES string of the molecule is CC(C)CN(C)c1nnc(Cl)c2ccccc12. The van der Waals surface area contributed by atoms with Crippen LogP contribution in [0.4, 0.5) is 5.82 Å². The monoisotopic (exact) mass is 249 g/mol. The van der Waals surface area contributed by atoms with Gasteiger partial charge in [0.05, 0.1) is 0 Å². The van der Waals surface area contributed by atoms with Crippen molar-refractivity contribution in [3.05, 3.63) is 29.4 Å². The van der Waals surface area contributed by atoms with E-state index in [1.165, 1.54) is 0 Å². The molecule has 3 nitrogen and oxygen atoms in total. The van der Waals surface area contributed by atoms with Gasteiger partial charge in [0.25, 0.3) is 0 Å². The smallest absolute Gasteiger partial charge is 0.159 e. The third-order valence-corrected chi connectivity index (χ3v) is 2.90. The van der Waals surface area contributed by atoms with E-state index in [0.717, 1.165) is 23.1 Å². The number of benzene rings is 1. The summed E-state index contributed by atoms with van der Waals surface area (Å²) >= 11 is 6.05. The summed E-state index contributed by atoms with van der Waals surface area (Å²) in [4.78, 5) is 2.12. The number of anilines is 1. The van der Waals surface area contributed by atoms with Crippen molar-refractivity contribution in [2.75, 3.05) is 18.5 Å². The molecule has 0 N–H and O–H groups in total. The van der Waals surface area contributed by atoms with Crippen LogP contribution in [0.25, 0.3) is 10.8 Å². The van der Waals surface area contributed by atoms with Gasteiger partial charge in [0.2, 0.25) is 0 Å². The Morgan fingerprint density at radius 3 is 2.47 bits per heavy atom. The zero-order chi connectivity index (χ0) is 12.4. The van der Waals surface area contributed by atoms with Gasteiger partial charge in [-0.05, 0) is 5.92 Å². The third-order valence-electron chi connectivity index (χ3n) is 2.62. The van der Waals surface area contributed by atoms with Gasteiger partial charge in [0, 0.05) is 24.4 Å². The number of nitrogens with zero attached hydrogens (tertiary/aromatic N) is 3. The Morgan fingerprint density at radius 1 is 1.18 bits per heavy atom. The molecule has 0 aliphatic heterocycles. The first-order valence-electron chi connectivity index (χ1n) is 5.71. The minimum Gasteiger partial charge on any atom is -0.357 e. The molecule has 4 heteroatoms. The van der Waals surface area contributed by atoms with Gasteiger partial charge < -0.3 is 4.90 Å². The second kappa shape index (κ2) is 4.88. The van der Waals surface area contributed by atoms with E-state index in [1.54, 1.807) is 0 Å². The van der Waals surface area contributed by atoms with Crippen molar-refractivity contribution in [1.29, 1.82) is 0 Å². The summed E-state index contributed by atoms with van der Waals surface area (Å²) < 4.78 is 0. The molecule has 0 aliphatic rings. The average Bonchev–Trinajstić information content (AvgIpc) is 2.29. The van der Waals surface area contributed by atoms with Crippen LogP contribution >= 0.6 is 11.6 Å². The van der Waals surface area contributed by atoms with Crippen molar-refractivity contribution in [2.45, 2.75) is 13.8 Å². The molecule has 90 valence electrons. The highest BCUT2D eigenvalue weighted by Gasteiger charge is 2.11. The standard InChI is InChI=1S/C13H16ClN3/c1-9(2)8-17(3)13-11-7-5-4-6-10(11)12(14)15-16-13/h4-7,9H,8H2,1-3H3. The summed E-state index contributed by atoms with van der Waals surface area (Å²) in [5.41, 5.74) is 0. The maximum Gasteiger partial charge on any atom is 0.159 e. The van der Waals surface area contributed by atoms with E-state index >= 15 is 0 Å². The predicted octanol–water partition coefficient (Wildman–Crippen LogP) is 3.38. The highest BCUT2D eigenvalue weighted by Crippen LogP contribution is 2.27. The fourth-order valence-electron chi connectivity index (χ4n) is 1.97. The zero-order valence-electron chi connectivity index (χ0n) is 10.3. The first-order valence-corrected chi connectivity index (χ1v) is 6.09. The average molecular weight is 250 g/mol. The van der Waals surface area contributed by atoms with Crippen LogP contribution in [0.3, 0.4) is 0 Å². The molecule has 0 spiro atoms. The van der Waals surface area contributed by atoms with E-state index in [0.29, 0.717) is 11.1 Å². The molecule has 0 radical (unpaired) electrons. The third kappa shape index (κ3) is 2.50. The molecule has 1 aromatic carbocycles. The molecule has 0 unspecified atom stereocenters. The number of hydrogen-bond acceptors (Lipinski definition) is 3. The van der Waals surface area contributed by atoms with Crippen LogP contribution in [-0.4, -0.2) is 23.8 Å². The van der Waals surface area contributed by atoms with Gasteiger partial charge in [-0.1, -0.05) is 49.7 Å². The van der Waals surface area contributed by atoms with Gasteiger partial charge in [0.1, 0.15) is 0 Å². The van der Waals surface area contributed by atoms with Crippen LogP contribution in [-0.2, 0) is 0 Å². The van der Waals surface area contributed by atoms with Crippen LogP contribution in [0.15, 0.2) is 24.3 Å². The minimum absolute atomic E-state index is 0.460. The van der Waals surface area contributed by atoms with Crippen LogP contribution < -0.4 is 4.90 Å². The van der Waals surface area contributed by atoms with Crippen molar-refractivity contribution in [3.8, 4) is 0 Å². The van der Waals surface area contributed by atoms with Crippen LogP contribution in [0, 0.1) is 5.92 Å². The Labute approximate surface area is 106 Å².